The number of hydrogen-bond donors (Lipinski definition) is 18. The molecule has 3 rings (SSSR count). The van der Waals surface area contributed by atoms with Crippen LogP contribution < -0.4 is 47.9 Å². The molecular weight excluding hydrogens is 1410 g/mol. The molecule has 37 nitrogen and oxygen atoms in total. The number of aliphatic hydroxyl groups excluding tert-OH is 9. The van der Waals surface area contributed by atoms with Gasteiger partial charge in [0.25, 0.3) is 0 Å². The second kappa shape index (κ2) is 55.2. The van der Waals surface area contributed by atoms with Crippen molar-refractivity contribution in [3.8, 4) is 0 Å². The van der Waals surface area contributed by atoms with Crippen molar-refractivity contribution in [3.05, 3.63) is 0 Å². The minimum atomic E-state index is -1.44. The zero-order valence-corrected chi connectivity index (χ0v) is 62.7. The van der Waals surface area contributed by atoms with Crippen LogP contribution in [-0.2, 0) is 76.2 Å². The maximum Gasteiger partial charge on any atom is 0.407 e. The first-order valence-corrected chi connectivity index (χ1v) is 37.8. The van der Waals surface area contributed by atoms with Gasteiger partial charge in [0.15, 0.2) is 18.9 Å². The van der Waals surface area contributed by atoms with Gasteiger partial charge < -0.3 is 141 Å². The van der Waals surface area contributed by atoms with E-state index in [4.69, 9.17) is 42.6 Å². The average molecular weight is 1540 g/mol. The molecule has 618 valence electrons. The Bertz CT molecular complexity index is 2330. The van der Waals surface area contributed by atoms with Crippen molar-refractivity contribution in [1.29, 1.82) is 0 Å². The smallest absolute Gasteiger partial charge is 0.407 e. The lowest BCUT2D eigenvalue weighted by Gasteiger charge is -2.42. The number of ketones is 1. The van der Waals surface area contributed by atoms with Crippen molar-refractivity contribution in [2.75, 3.05) is 98.7 Å². The van der Waals surface area contributed by atoms with Crippen molar-refractivity contribution < 1.29 is 137 Å². The summed E-state index contributed by atoms with van der Waals surface area (Å²) in [5.41, 5.74) is -0.619. The highest BCUT2D eigenvalue weighted by Crippen LogP contribution is 2.39. The minimum Gasteiger partial charge on any atom is -0.450 e. The summed E-state index contributed by atoms with van der Waals surface area (Å²) in [4.78, 5) is 123. The molecule has 3 heterocycles. The van der Waals surface area contributed by atoms with Gasteiger partial charge in [-0.3, -0.25) is 28.8 Å². The molecule has 0 aromatic rings. The summed E-state index contributed by atoms with van der Waals surface area (Å²) in [5, 5.41) is 115. The molecule has 0 saturated carbocycles. The topological polar surface area (TPSA) is 544 Å². The van der Waals surface area contributed by atoms with Gasteiger partial charge in [-0.05, 0) is 109 Å². The highest BCUT2D eigenvalue weighted by Gasteiger charge is 2.48. The van der Waals surface area contributed by atoms with E-state index in [0.717, 1.165) is 38.5 Å². The summed E-state index contributed by atoms with van der Waals surface area (Å²) in [6, 6.07) is -3.24. The zero-order chi connectivity index (χ0) is 78.9. The number of hydrogen-bond acceptors (Lipinski definition) is 28. The summed E-state index contributed by atoms with van der Waals surface area (Å²) in [6.07, 6.45) is -4.51. The monoisotopic (exact) mass is 1540 g/mol. The Hall–Kier alpha value is -6.30. The Morgan fingerprint density at radius 3 is 0.813 bits per heavy atom. The average Bonchev–Trinajstić information content (AvgIpc) is 0.821. The zero-order valence-electron chi connectivity index (χ0n) is 62.7. The van der Waals surface area contributed by atoms with Gasteiger partial charge in [-0.1, -0.05) is 38.5 Å². The van der Waals surface area contributed by atoms with Crippen LogP contribution in [0.2, 0.25) is 0 Å². The van der Waals surface area contributed by atoms with Gasteiger partial charge in [-0.25, -0.2) is 14.4 Å². The number of carbonyl (C=O) groups is 10. The molecule has 0 aromatic heterocycles. The van der Waals surface area contributed by atoms with Crippen LogP contribution in [0.25, 0.3) is 0 Å². The molecule has 15 atom stereocenters. The number of carbonyl (C=O) groups excluding carboxylic acids is 10. The maximum absolute atomic E-state index is 12.9. The van der Waals surface area contributed by atoms with Crippen molar-refractivity contribution in [2.24, 2.45) is 5.41 Å². The molecule has 107 heavy (non-hydrogen) atoms. The number of nitrogens with one attached hydrogen (secondary N) is 9. The molecule has 3 fully saturated rings. The van der Waals surface area contributed by atoms with E-state index < -0.39 is 153 Å². The summed E-state index contributed by atoms with van der Waals surface area (Å²) in [5.74, 6) is -2.13. The van der Waals surface area contributed by atoms with Crippen LogP contribution in [-0.4, -0.2) is 296 Å². The Kier molecular flexibility index (Phi) is 48.9. The van der Waals surface area contributed by atoms with Gasteiger partial charge in [0.05, 0.1) is 59.5 Å². The minimum absolute atomic E-state index is 0.0426. The number of unbranched alkanes of at least 4 members (excludes halogenated alkanes) is 9. The molecule has 0 aliphatic carbocycles. The van der Waals surface area contributed by atoms with E-state index in [2.05, 4.69) is 47.9 Å². The van der Waals surface area contributed by atoms with Crippen LogP contribution in [0.4, 0.5) is 14.4 Å². The normalized spacial score (nSPS) is 24.7. The standard InChI is InChI=1S/C70H125N9O28/c1-45(83)41-70(26-20-38-102-67(96)74-32-14-8-5-11-29-71-52(87)23-17-35-99-64-55(77-46(2)84)61(93)58(90)49(42-80)105-64,27-21-39-103-68(97)75-33-15-9-6-12-30-72-53(88)24-18-36-100-65-56(78-47(3)85)62(94)59(91)50(43-81)106-65)28-22-40-104-69(98)76-34-16-10-7-13-31-73-54(89)25-19-37-101-66-57(79-48(4)86)63(95)60(92)51(44-82)107-66/h49-51,55-66,80-82,90-95H,5-44H2,1-4H3,(H,71,87)(H,72,88)(H,73,89)(H,74,96)(H,75,97)(H,76,98)(H,77,84)(H,78,85)(H,79,86). The molecule has 3 aliphatic heterocycles. The van der Waals surface area contributed by atoms with Crippen LogP contribution in [0.3, 0.4) is 0 Å². The number of amides is 9. The fourth-order valence-corrected chi connectivity index (χ4v) is 12.6. The largest absolute Gasteiger partial charge is 0.450 e. The highest BCUT2D eigenvalue weighted by atomic mass is 16.7. The van der Waals surface area contributed by atoms with E-state index >= 15 is 0 Å². The molecular formula is C70H125N9O28. The van der Waals surface area contributed by atoms with Gasteiger partial charge in [-0.15, -0.1) is 0 Å². The summed E-state index contributed by atoms with van der Waals surface area (Å²) in [6.45, 7) is 6.11. The molecule has 3 saturated heterocycles. The fraction of sp³-hybridized carbons (Fsp3) is 0.857. The van der Waals surface area contributed by atoms with E-state index in [9.17, 15) is 93.9 Å². The summed E-state index contributed by atoms with van der Waals surface area (Å²) in [7, 11) is 0. The van der Waals surface area contributed by atoms with Crippen molar-refractivity contribution in [1.82, 2.24) is 47.9 Å². The van der Waals surface area contributed by atoms with Crippen LogP contribution in [0.1, 0.15) is 188 Å². The lowest BCUT2D eigenvalue weighted by molar-refractivity contribution is -0.270. The maximum atomic E-state index is 12.9. The highest BCUT2D eigenvalue weighted by molar-refractivity contribution is 5.77. The van der Waals surface area contributed by atoms with Gasteiger partial charge in [0.1, 0.15) is 78.8 Å². The molecule has 18 N–H and O–H groups in total. The number of Topliss-reactive ketones (excluding diaryl/α,β-unsaturated/α-hetero) is 1. The predicted molar refractivity (Wildman–Crippen MR) is 380 cm³/mol. The predicted octanol–water partition coefficient (Wildman–Crippen LogP) is -1.28. The Morgan fingerprint density at radius 1 is 0.327 bits per heavy atom. The lowest BCUT2D eigenvalue weighted by atomic mass is 9.72. The molecule has 0 bridgehead atoms. The fourth-order valence-electron chi connectivity index (χ4n) is 12.6. The van der Waals surface area contributed by atoms with Crippen molar-refractivity contribution >= 4 is 59.5 Å². The van der Waals surface area contributed by atoms with Gasteiger partial charge in [0, 0.05) is 85.7 Å². The molecule has 3 aliphatic rings. The van der Waals surface area contributed by atoms with Crippen LogP contribution in [0, 0.1) is 5.41 Å². The van der Waals surface area contributed by atoms with E-state index in [1.54, 1.807) is 0 Å². The first-order chi connectivity index (χ1) is 51.2. The van der Waals surface area contributed by atoms with E-state index in [-0.39, 0.29) is 88.8 Å². The van der Waals surface area contributed by atoms with Crippen LogP contribution in [0.15, 0.2) is 0 Å². The lowest BCUT2D eigenvalue weighted by Crippen LogP contribution is -2.64. The van der Waals surface area contributed by atoms with E-state index in [1.165, 1.54) is 27.7 Å². The van der Waals surface area contributed by atoms with Crippen LogP contribution >= 0.6 is 0 Å². The van der Waals surface area contributed by atoms with Gasteiger partial charge in [0.2, 0.25) is 35.4 Å². The molecule has 15 unspecified atom stereocenters. The molecule has 0 spiro atoms. The Labute approximate surface area is 626 Å². The first kappa shape index (κ1) is 94.9. The molecule has 9 amide bonds. The van der Waals surface area contributed by atoms with Crippen molar-refractivity contribution in [2.45, 2.75) is 280 Å². The second-order valence-corrected chi connectivity index (χ2v) is 27.4. The van der Waals surface area contributed by atoms with Gasteiger partial charge in [-0.2, -0.15) is 0 Å². The molecule has 0 aromatic carbocycles. The summed E-state index contributed by atoms with van der Waals surface area (Å²) >= 11 is 0. The van der Waals surface area contributed by atoms with Gasteiger partial charge >= 0.3 is 18.3 Å². The quantitative estimate of drug-likeness (QED) is 0.0249. The first-order valence-electron chi connectivity index (χ1n) is 37.8. The summed E-state index contributed by atoms with van der Waals surface area (Å²) < 4.78 is 50.1. The third kappa shape index (κ3) is 39.8. The Balaban J connectivity index is 1.36. The van der Waals surface area contributed by atoms with E-state index in [1.807, 2.05) is 0 Å². The number of rotatable bonds is 56. The number of alkyl carbamates (subject to hydrolysis) is 3. The Morgan fingerprint density at radius 2 is 0.579 bits per heavy atom. The molecule has 0 radical (unpaired) electrons. The van der Waals surface area contributed by atoms with Crippen LogP contribution in [0.5, 0.6) is 0 Å². The number of aliphatic hydroxyl groups is 9. The molecule has 37 heteroatoms. The number of ether oxygens (including phenoxy) is 9. The van der Waals surface area contributed by atoms with E-state index in [0.29, 0.717) is 136 Å². The SMILES string of the molecule is CC(=O)CC(CCCOC(=O)NCCCCCCNC(=O)CCCOC1OC(CO)C(O)C(O)C1NC(C)=O)(CCCOC(=O)NCCCCCCNC(=O)CCCOC1OC(CO)C(O)C(O)C1NC(C)=O)CCCOC(=O)NCCCCCCNC(=O)CCCOC1OC(CO)C(O)C(O)C1NC(C)=O. The third-order valence-corrected chi connectivity index (χ3v) is 18.2. The third-order valence-electron chi connectivity index (χ3n) is 18.2. The van der Waals surface area contributed by atoms with Crippen molar-refractivity contribution in [3.63, 3.8) is 0 Å². The second-order valence-electron chi connectivity index (χ2n) is 27.4.